The number of hydrogen-bond donors (Lipinski definition) is 2. The normalized spacial score (nSPS) is 11.9. The Kier molecular flexibility index (Phi) is 5.54. The van der Waals surface area contributed by atoms with Crippen LogP contribution in [0.3, 0.4) is 0 Å². The topological polar surface area (TPSA) is 82.0 Å². The largest absolute Gasteiger partial charge is 0.383 e. The van der Waals surface area contributed by atoms with Crippen LogP contribution in [0.5, 0.6) is 0 Å². The number of anilines is 1. The molecule has 0 atom stereocenters. The summed E-state index contributed by atoms with van der Waals surface area (Å²) in [6, 6.07) is 8.92. The number of sulfonamides is 1. The zero-order valence-corrected chi connectivity index (χ0v) is 12.9. The lowest BCUT2D eigenvalue weighted by Crippen LogP contribution is -2.25. The lowest BCUT2D eigenvalue weighted by atomic mass is 9.88. The van der Waals surface area contributed by atoms with Gasteiger partial charge in [0.1, 0.15) is 4.90 Å². The first-order valence-electron chi connectivity index (χ1n) is 6.46. The van der Waals surface area contributed by atoms with Crippen molar-refractivity contribution in [2.75, 3.05) is 18.9 Å². The first-order chi connectivity index (χ1) is 9.32. The van der Waals surface area contributed by atoms with Crippen LogP contribution < -0.4 is 10.0 Å². The van der Waals surface area contributed by atoms with Crippen molar-refractivity contribution in [3.63, 3.8) is 0 Å². The van der Waals surface area contributed by atoms with Crippen molar-refractivity contribution in [2.24, 2.45) is 5.41 Å². The van der Waals surface area contributed by atoms with E-state index in [-0.39, 0.29) is 10.3 Å². The minimum Gasteiger partial charge on any atom is -0.383 e. The van der Waals surface area contributed by atoms with E-state index in [4.69, 9.17) is 5.26 Å². The quantitative estimate of drug-likeness (QED) is 0.809. The van der Waals surface area contributed by atoms with Gasteiger partial charge >= 0.3 is 0 Å². The van der Waals surface area contributed by atoms with Gasteiger partial charge in [-0.15, -0.1) is 0 Å². The minimum absolute atomic E-state index is 0.0771. The summed E-state index contributed by atoms with van der Waals surface area (Å²) in [7, 11) is -2.09. The van der Waals surface area contributed by atoms with Gasteiger partial charge < -0.3 is 5.32 Å². The van der Waals surface area contributed by atoms with Crippen LogP contribution in [0.1, 0.15) is 26.7 Å². The van der Waals surface area contributed by atoms with Crippen LogP contribution >= 0.6 is 0 Å². The lowest BCUT2D eigenvalue weighted by Gasteiger charge is -2.25. The van der Waals surface area contributed by atoms with Gasteiger partial charge in [-0.25, -0.2) is 13.1 Å². The molecule has 0 bridgehead atoms. The van der Waals surface area contributed by atoms with Gasteiger partial charge in [-0.3, -0.25) is 0 Å². The van der Waals surface area contributed by atoms with Crippen LogP contribution in [-0.4, -0.2) is 22.0 Å². The van der Waals surface area contributed by atoms with E-state index in [1.54, 1.807) is 24.3 Å². The molecule has 5 nitrogen and oxygen atoms in total. The molecule has 0 radical (unpaired) electrons. The smallest absolute Gasteiger partial charge is 0.242 e. The van der Waals surface area contributed by atoms with Crippen LogP contribution in [0.4, 0.5) is 5.69 Å². The van der Waals surface area contributed by atoms with Crippen molar-refractivity contribution in [3.05, 3.63) is 24.3 Å². The van der Waals surface area contributed by atoms with Crippen molar-refractivity contribution in [1.29, 1.82) is 5.26 Å². The summed E-state index contributed by atoms with van der Waals surface area (Å²) in [5, 5.41) is 11.8. The molecule has 0 aliphatic rings. The van der Waals surface area contributed by atoms with Crippen LogP contribution in [0, 0.1) is 16.7 Å². The molecule has 0 fully saturated rings. The first kappa shape index (κ1) is 16.5. The Morgan fingerprint density at radius 1 is 1.30 bits per heavy atom. The van der Waals surface area contributed by atoms with Gasteiger partial charge in [0.15, 0.2) is 0 Å². The van der Waals surface area contributed by atoms with Crippen molar-refractivity contribution >= 4 is 15.7 Å². The molecule has 20 heavy (non-hydrogen) atoms. The van der Waals surface area contributed by atoms with Crippen LogP contribution in [-0.2, 0) is 10.0 Å². The molecule has 110 valence electrons. The zero-order chi connectivity index (χ0) is 15.2. The van der Waals surface area contributed by atoms with Gasteiger partial charge in [-0.05, 0) is 31.0 Å². The molecule has 0 saturated carbocycles. The standard InChI is InChI=1S/C14H21N3O2S/c1-14(2,9-6-10-15)11-17-12-7-4-5-8-13(12)20(18,19)16-3/h4-5,7-8,16-17H,6,9,11H2,1-3H3. The summed E-state index contributed by atoms with van der Waals surface area (Å²) in [6.45, 7) is 4.70. The molecular weight excluding hydrogens is 274 g/mol. The fourth-order valence-corrected chi connectivity index (χ4v) is 2.68. The molecule has 0 amide bonds. The maximum Gasteiger partial charge on any atom is 0.242 e. The summed E-state index contributed by atoms with van der Waals surface area (Å²) in [4.78, 5) is 0.235. The third-order valence-electron chi connectivity index (χ3n) is 3.12. The molecule has 2 N–H and O–H groups in total. The minimum atomic E-state index is -3.48. The Morgan fingerprint density at radius 3 is 2.55 bits per heavy atom. The van der Waals surface area contributed by atoms with Gasteiger partial charge in [0.25, 0.3) is 0 Å². The number of rotatable bonds is 7. The maximum atomic E-state index is 11.9. The molecule has 6 heteroatoms. The molecule has 0 aromatic heterocycles. The maximum absolute atomic E-state index is 11.9. The molecule has 0 spiro atoms. The number of benzene rings is 1. The van der Waals surface area contributed by atoms with Crippen LogP contribution in [0.15, 0.2) is 29.2 Å². The number of hydrogen-bond acceptors (Lipinski definition) is 4. The predicted molar refractivity (Wildman–Crippen MR) is 79.8 cm³/mol. The molecule has 0 heterocycles. The molecule has 0 unspecified atom stereocenters. The first-order valence-corrected chi connectivity index (χ1v) is 7.94. The van der Waals surface area contributed by atoms with Crippen molar-refractivity contribution in [1.82, 2.24) is 4.72 Å². The Morgan fingerprint density at radius 2 is 1.95 bits per heavy atom. The zero-order valence-electron chi connectivity index (χ0n) is 12.1. The van der Waals surface area contributed by atoms with E-state index in [1.165, 1.54) is 7.05 Å². The Balaban J connectivity index is 2.87. The second kappa shape index (κ2) is 6.73. The van der Waals surface area contributed by atoms with Crippen LogP contribution in [0.25, 0.3) is 0 Å². The lowest BCUT2D eigenvalue weighted by molar-refractivity contribution is 0.363. The van der Waals surface area contributed by atoms with E-state index in [0.717, 1.165) is 6.42 Å². The fourth-order valence-electron chi connectivity index (χ4n) is 1.77. The molecule has 0 aliphatic carbocycles. The van der Waals surface area contributed by atoms with Gasteiger partial charge in [-0.1, -0.05) is 26.0 Å². The average Bonchev–Trinajstić information content (AvgIpc) is 2.43. The number of nitrogens with zero attached hydrogens (tertiary/aromatic N) is 1. The number of nitriles is 1. The van der Waals surface area contributed by atoms with Gasteiger partial charge in [0, 0.05) is 13.0 Å². The van der Waals surface area contributed by atoms with Crippen molar-refractivity contribution in [3.8, 4) is 6.07 Å². The number of nitrogens with one attached hydrogen (secondary N) is 2. The average molecular weight is 295 g/mol. The third kappa shape index (κ3) is 4.51. The van der Waals surface area contributed by atoms with Gasteiger partial charge in [0.05, 0.1) is 11.8 Å². The fraction of sp³-hybridized carbons (Fsp3) is 0.500. The highest BCUT2D eigenvalue weighted by Gasteiger charge is 2.20. The van der Waals surface area contributed by atoms with Crippen molar-refractivity contribution < 1.29 is 8.42 Å². The predicted octanol–water partition coefficient (Wildman–Crippen LogP) is 2.34. The summed E-state index contributed by atoms with van der Waals surface area (Å²) in [5.41, 5.74) is 0.499. The van der Waals surface area contributed by atoms with Gasteiger partial charge in [0.2, 0.25) is 10.0 Å². The van der Waals surface area contributed by atoms with E-state index in [1.807, 2.05) is 13.8 Å². The van der Waals surface area contributed by atoms with E-state index in [0.29, 0.717) is 18.7 Å². The molecular formula is C14H21N3O2S. The monoisotopic (exact) mass is 295 g/mol. The SMILES string of the molecule is CNS(=O)(=O)c1ccccc1NCC(C)(C)CCC#N. The molecule has 1 aromatic rings. The molecule has 0 aliphatic heterocycles. The summed E-state index contributed by atoms with van der Waals surface area (Å²) in [5.74, 6) is 0. The van der Waals surface area contributed by atoms with E-state index in [9.17, 15) is 8.42 Å². The van der Waals surface area contributed by atoms with Gasteiger partial charge in [-0.2, -0.15) is 5.26 Å². The van der Waals surface area contributed by atoms with Crippen molar-refractivity contribution in [2.45, 2.75) is 31.6 Å². The number of para-hydroxylation sites is 1. The second-order valence-corrected chi connectivity index (χ2v) is 7.23. The van der Waals surface area contributed by atoms with E-state index >= 15 is 0 Å². The third-order valence-corrected chi connectivity index (χ3v) is 4.59. The molecule has 0 saturated heterocycles. The van der Waals surface area contributed by atoms with E-state index in [2.05, 4.69) is 16.1 Å². The van der Waals surface area contributed by atoms with Crippen LogP contribution in [0.2, 0.25) is 0 Å². The van der Waals surface area contributed by atoms with E-state index < -0.39 is 10.0 Å². The highest BCUT2D eigenvalue weighted by atomic mass is 32.2. The highest BCUT2D eigenvalue weighted by molar-refractivity contribution is 7.89. The molecule has 1 rings (SSSR count). The summed E-state index contributed by atoms with van der Waals surface area (Å²) >= 11 is 0. The molecule has 1 aromatic carbocycles. The Bertz CT molecular complexity index is 589. The Labute approximate surface area is 121 Å². The highest BCUT2D eigenvalue weighted by Crippen LogP contribution is 2.25. The summed E-state index contributed by atoms with van der Waals surface area (Å²) in [6.07, 6.45) is 1.25. The summed E-state index contributed by atoms with van der Waals surface area (Å²) < 4.78 is 26.2. The second-order valence-electron chi connectivity index (χ2n) is 5.38. The Hall–Kier alpha value is -1.58.